The number of hydrogen-bond donors (Lipinski definition) is 4. The van der Waals surface area contributed by atoms with Gasteiger partial charge in [0.15, 0.2) is 17.5 Å². The Bertz CT molecular complexity index is 821. The van der Waals surface area contributed by atoms with Crippen LogP contribution < -0.4 is 10.6 Å². The molecule has 0 radical (unpaired) electrons. The third-order valence-electron chi connectivity index (χ3n) is 4.03. The molecule has 2 aromatic rings. The van der Waals surface area contributed by atoms with E-state index in [4.69, 9.17) is 5.11 Å². The van der Waals surface area contributed by atoms with Crippen LogP contribution in [0.5, 0.6) is 0 Å². The van der Waals surface area contributed by atoms with Crippen molar-refractivity contribution in [3.63, 3.8) is 0 Å². The van der Waals surface area contributed by atoms with Gasteiger partial charge in [-0.25, -0.2) is 22.8 Å². The summed E-state index contributed by atoms with van der Waals surface area (Å²) in [6.07, 6.45) is 0.0432. The standard InChI is InChI=1S/C19H19F3N2O4/c20-15-6-12(7-16(21)17(15)22)5-13(10-25)9-24-19(28)23-8-11-1-3-14(4-2-11)18(26)27/h1-4,6-7,13,25H,5,8-10H2,(H,26,27)(H2,23,24,28). The molecule has 6 nitrogen and oxygen atoms in total. The molecule has 0 saturated heterocycles. The van der Waals surface area contributed by atoms with Gasteiger partial charge in [-0.05, 0) is 41.8 Å². The minimum atomic E-state index is -1.56. The van der Waals surface area contributed by atoms with Crippen LogP contribution in [0.1, 0.15) is 21.5 Å². The van der Waals surface area contributed by atoms with Crippen LogP contribution in [-0.2, 0) is 13.0 Å². The van der Waals surface area contributed by atoms with Crippen molar-refractivity contribution in [1.82, 2.24) is 10.6 Å². The molecule has 2 amide bonds. The molecule has 9 heteroatoms. The Hall–Kier alpha value is -3.07. The molecule has 0 heterocycles. The SMILES string of the molecule is O=C(NCc1ccc(C(=O)O)cc1)NCC(CO)Cc1cc(F)c(F)c(F)c1. The fraction of sp³-hybridized carbons (Fsp3) is 0.263. The second kappa shape index (κ2) is 9.75. The van der Waals surface area contributed by atoms with Crippen molar-refractivity contribution in [2.45, 2.75) is 13.0 Å². The van der Waals surface area contributed by atoms with Crippen LogP contribution >= 0.6 is 0 Å². The first-order valence-corrected chi connectivity index (χ1v) is 8.38. The van der Waals surface area contributed by atoms with E-state index >= 15 is 0 Å². The van der Waals surface area contributed by atoms with Gasteiger partial charge >= 0.3 is 12.0 Å². The number of carbonyl (C=O) groups excluding carboxylic acids is 1. The number of halogens is 3. The maximum absolute atomic E-state index is 13.2. The zero-order valence-corrected chi connectivity index (χ0v) is 14.7. The highest BCUT2D eigenvalue weighted by Crippen LogP contribution is 2.16. The molecule has 0 aliphatic heterocycles. The summed E-state index contributed by atoms with van der Waals surface area (Å²) in [4.78, 5) is 22.6. The Kier molecular flexibility index (Phi) is 7.39. The Morgan fingerprint density at radius 2 is 1.57 bits per heavy atom. The molecule has 0 aromatic heterocycles. The highest BCUT2D eigenvalue weighted by molar-refractivity contribution is 5.87. The molecule has 150 valence electrons. The molecule has 0 fully saturated rings. The molecule has 0 saturated carbocycles. The zero-order valence-electron chi connectivity index (χ0n) is 14.7. The van der Waals surface area contributed by atoms with Crippen LogP contribution in [0.4, 0.5) is 18.0 Å². The number of rotatable bonds is 8. The predicted octanol–water partition coefficient (Wildman–Crippen LogP) is 2.45. The Morgan fingerprint density at radius 1 is 0.964 bits per heavy atom. The quantitative estimate of drug-likeness (QED) is 0.515. The predicted molar refractivity (Wildman–Crippen MR) is 94.2 cm³/mol. The van der Waals surface area contributed by atoms with E-state index in [1.807, 2.05) is 0 Å². The third kappa shape index (κ3) is 5.98. The smallest absolute Gasteiger partial charge is 0.335 e. The van der Waals surface area contributed by atoms with E-state index in [9.17, 15) is 27.9 Å². The number of benzene rings is 2. The highest BCUT2D eigenvalue weighted by Gasteiger charge is 2.15. The van der Waals surface area contributed by atoms with E-state index in [2.05, 4.69) is 10.6 Å². The summed E-state index contributed by atoms with van der Waals surface area (Å²) in [5.41, 5.74) is 0.986. The lowest BCUT2D eigenvalue weighted by atomic mass is 9.99. The van der Waals surface area contributed by atoms with E-state index < -0.39 is 35.4 Å². The van der Waals surface area contributed by atoms with Crippen molar-refractivity contribution < 1.29 is 33.0 Å². The fourth-order valence-electron chi connectivity index (χ4n) is 2.51. The van der Waals surface area contributed by atoms with Crippen LogP contribution in [0, 0.1) is 23.4 Å². The van der Waals surface area contributed by atoms with Gasteiger partial charge in [0.05, 0.1) is 5.56 Å². The summed E-state index contributed by atoms with van der Waals surface area (Å²) in [5.74, 6) is -5.76. The van der Waals surface area contributed by atoms with Gasteiger partial charge in [-0.2, -0.15) is 0 Å². The number of carboxylic acid groups (broad SMARTS) is 1. The normalized spacial score (nSPS) is 11.7. The van der Waals surface area contributed by atoms with Crippen molar-refractivity contribution in [3.8, 4) is 0 Å². The van der Waals surface area contributed by atoms with Gasteiger partial charge in [0, 0.05) is 25.6 Å². The summed E-state index contributed by atoms with van der Waals surface area (Å²) in [6.45, 7) is -0.164. The van der Waals surface area contributed by atoms with Gasteiger partial charge in [-0.3, -0.25) is 0 Å². The summed E-state index contributed by atoms with van der Waals surface area (Å²) < 4.78 is 39.5. The monoisotopic (exact) mass is 396 g/mol. The van der Waals surface area contributed by atoms with Gasteiger partial charge in [-0.15, -0.1) is 0 Å². The van der Waals surface area contributed by atoms with Crippen LogP contribution in [0.3, 0.4) is 0 Å². The molecule has 0 aliphatic carbocycles. The van der Waals surface area contributed by atoms with Gasteiger partial charge < -0.3 is 20.8 Å². The molecule has 0 aliphatic rings. The lowest BCUT2D eigenvalue weighted by molar-refractivity contribution is 0.0697. The lowest BCUT2D eigenvalue weighted by Gasteiger charge is -2.16. The summed E-state index contributed by atoms with van der Waals surface area (Å²) in [7, 11) is 0. The molecule has 2 aromatic carbocycles. The van der Waals surface area contributed by atoms with Crippen molar-refractivity contribution in [2.75, 3.05) is 13.2 Å². The Labute approximate surface area is 159 Å². The molecule has 0 bridgehead atoms. The number of hydrogen-bond acceptors (Lipinski definition) is 3. The van der Waals surface area contributed by atoms with Crippen molar-refractivity contribution >= 4 is 12.0 Å². The van der Waals surface area contributed by atoms with Gasteiger partial charge in [0.1, 0.15) is 0 Å². The molecular formula is C19H19F3N2O4. The average Bonchev–Trinajstić information content (AvgIpc) is 2.67. The van der Waals surface area contributed by atoms with Crippen molar-refractivity contribution in [2.24, 2.45) is 5.92 Å². The first-order valence-electron chi connectivity index (χ1n) is 8.38. The zero-order chi connectivity index (χ0) is 20.7. The summed E-state index contributed by atoms with van der Waals surface area (Å²) >= 11 is 0. The van der Waals surface area contributed by atoms with E-state index in [-0.39, 0.29) is 37.2 Å². The van der Waals surface area contributed by atoms with Gasteiger partial charge in [0.25, 0.3) is 0 Å². The maximum atomic E-state index is 13.2. The minimum absolute atomic E-state index is 0.0287. The third-order valence-corrected chi connectivity index (χ3v) is 4.03. The number of aliphatic hydroxyl groups is 1. The van der Waals surface area contributed by atoms with E-state index in [1.54, 1.807) is 12.1 Å². The number of aliphatic hydroxyl groups excluding tert-OH is 1. The van der Waals surface area contributed by atoms with E-state index in [1.165, 1.54) is 12.1 Å². The van der Waals surface area contributed by atoms with Crippen LogP contribution in [0.2, 0.25) is 0 Å². The summed E-state index contributed by atoms with van der Waals surface area (Å²) in [6, 6.07) is 7.14. The first kappa shape index (κ1) is 21.2. The van der Waals surface area contributed by atoms with Crippen LogP contribution in [-0.4, -0.2) is 35.4 Å². The number of aromatic carboxylic acids is 1. The number of carboxylic acids is 1. The second-order valence-electron chi connectivity index (χ2n) is 6.19. The van der Waals surface area contributed by atoms with Gasteiger partial charge in [-0.1, -0.05) is 12.1 Å². The van der Waals surface area contributed by atoms with Crippen molar-refractivity contribution in [3.05, 3.63) is 70.5 Å². The molecule has 4 N–H and O–H groups in total. The van der Waals surface area contributed by atoms with E-state index in [0.29, 0.717) is 5.56 Å². The fourth-order valence-corrected chi connectivity index (χ4v) is 2.51. The van der Waals surface area contributed by atoms with Crippen LogP contribution in [0.15, 0.2) is 36.4 Å². The average molecular weight is 396 g/mol. The topological polar surface area (TPSA) is 98.7 Å². The van der Waals surface area contributed by atoms with Crippen molar-refractivity contribution in [1.29, 1.82) is 0 Å². The summed E-state index contributed by atoms with van der Waals surface area (Å²) in [5, 5.41) is 23.3. The molecule has 28 heavy (non-hydrogen) atoms. The lowest BCUT2D eigenvalue weighted by Crippen LogP contribution is -2.39. The number of nitrogens with one attached hydrogen (secondary N) is 2. The molecule has 0 spiro atoms. The first-order chi connectivity index (χ1) is 13.3. The minimum Gasteiger partial charge on any atom is -0.478 e. The van der Waals surface area contributed by atoms with Crippen LogP contribution in [0.25, 0.3) is 0 Å². The maximum Gasteiger partial charge on any atom is 0.335 e. The number of urea groups is 1. The highest BCUT2D eigenvalue weighted by atomic mass is 19.2. The molecule has 1 unspecified atom stereocenters. The molecule has 2 rings (SSSR count). The van der Waals surface area contributed by atoms with E-state index in [0.717, 1.165) is 12.1 Å². The molecular weight excluding hydrogens is 377 g/mol. The number of carbonyl (C=O) groups is 2. The van der Waals surface area contributed by atoms with Gasteiger partial charge in [0.2, 0.25) is 0 Å². The Morgan fingerprint density at radius 3 is 2.11 bits per heavy atom. The largest absolute Gasteiger partial charge is 0.478 e. The Balaban J connectivity index is 1.82. The molecule has 1 atom stereocenters. The number of amides is 2. The second-order valence-corrected chi connectivity index (χ2v) is 6.19.